The van der Waals surface area contributed by atoms with Gasteiger partial charge in [-0.1, -0.05) is 23.2 Å². The van der Waals surface area contributed by atoms with Gasteiger partial charge in [0.15, 0.2) is 0 Å². The molecular formula is C11H17Cl3N2O2S2. The molecule has 2 heterocycles. The predicted octanol–water partition coefficient (Wildman–Crippen LogP) is 3.23. The van der Waals surface area contributed by atoms with E-state index in [2.05, 4.69) is 0 Å². The highest BCUT2D eigenvalue weighted by Gasteiger charge is 2.32. The zero-order valence-corrected chi connectivity index (χ0v) is 14.7. The monoisotopic (exact) mass is 378 g/mol. The lowest BCUT2D eigenvalue weighted by atomic mass is 9.96. The molecule has 1 aliphatic heterocycles. The second-order valence-corrected chi connectivity index (χ2v) is 8.83. The summed E-state index contributed by atoms with van der Waals surface area (Å²) in [6.45, 7) is 1.64. The van der Waals surface area contributed by atoms with Gasteiger partial charge >= 0.3 is 0 Å². The number of nitrogens with two attached hydrogens (primary N) is 1. The number of hydrogen-bond acceptors (Lipinski definition) is 4. The summed E-state index contributed by atoms with van der Waals surface area (Å²) in [5, 5.41) is 0. The minimum absolute atomic E-state index is 0. The topological polar surface area (TPSA) is 63.4 Å². The largest absolute Gasteiger partial charge is 0.330 e. The van der Waals surface area contributed by atoms with Crippen LogP contribution in [-0.4, -0.2) is 32.4 Å². The molecule has 2 N–H and O–H groups in total. The maximum absolute atomic E-state index is 12.5. The molecule has 1 aromatic heterocycles. The third kappa shape index (κ3) is 4.00. The van der Waals surface area contributed by atoms with E-state index in [1.165, 1.54) is 10.4 Å². The molecule has 2 rings (SSSR count). The second kappa shape index (κ2) is 7.63. The van der Waals surface area contributed by atoms with E-state index in [1.54, 1.807) is 0 Å². The zero-order valence-electron chi connectivity index (χ0n) is 10.7. The minimum Gasteiger partial charge on any atom is -0.330 e. The smallest absolute Gasteiger partial charge is 0.245 e. The van der Waals surface area contributed by atoms with Crippen LogP contribution in [0.15, 0.2) is 11.0 Å². The third-order valence-corrected chi connectivity index (χ3v) is 6.92. The number of sulfonamides is 1. The van der Waals surface area contributed by atoms with E-state index in [-0.39, 0.29) is 21.6 Å². The lowest BCUT2D eigenvalue weighted by Gasteiger charge is -2.31. The standard InChI is InChI=1S/C11H16Cl2N2O2S2.ClH/c12-10-6-9(11(13)18-10)19(16,17)15-5-1-2-8(7-15)3-4-14;/h6,8H,1-5,7,14H2;1H. The van der Waals surface area contributed by atoms with Gasteiger partial charge in [-0.2, -0.15) is 4.31 Å². The Bertz CT molecular complexity index is 546. The Morgan fingerprint density at radius 3 is 2.70 bits per heavy atom. The Morgan fingerprint density at radius 1 is 1.45 bits per heavy atom. The number of hydrogen-bond donors (Lipinski definition) is 1. The molecule has 116 valence electrons. The van der Waals surface area contributed by atoms with Crippen LogP contribution in [0.1, 0.15) is 19.3 Å². The van der Waals surface area contributed by atoms with Crippen LogP contribution in [0.2, 0.25) is 8.67 Å². The van der Waals surface area contributed by atoms with E-state index in [0.29, 0.717) is 29.9 Å². The van der Waals surface area contributed by atoms with Crippen LogP contribution < -0.4 is 5.73 Å². The van der Waals surface area contributed by atoms with Crippen LogP contribution in [0, 0.1) is 5.92 Å². The van der Waals surface area contributed by atoms with E-state index in [9.17, 15) is 8.42 Å². The van der Waals surface area contributed by atoms with Crippen molar-refractivity contribution in [2.45, 2.75) is 24.2 Å². The lowest BCUT2D eigenvalue weighted by Crippen LogP contribution is -2.40. The van der Waals surface area contributed by atoms with Gasteiger partial charge in [0.25, 0.3) is 0 Å². The average Bonchev–Trinajstić information content (AvgIpc) is 2.70. The normalized spacial score (nSPS) is 20.6. The lowest BCUT2D eigenvalue weighted by molar-refractivity contribution is 0.258. The molecular weight excluding hydrogens is 363 g/mol. The molecule has 9 heteroatoms. The van der Waals surface area contributed by atoms with E-state index < -0.39 is 10.0 Å². The summed E-state index contributed by atoms with van der Waals surface area (Å²) in [5.74, 6) is 0.335. The fraction of sp³-hybridized carbons (Fsp3) is 0.636. The van der Waals surface area contributed by atoms with Crippen molar-refractivity contribution in [1.29, 1.82) is 0 Å². The second-order valence-electron chi connectivity index (χ2n) is 4.64. The molecule has 0 saturated carbocycles. The average molecular weight is 380 g/mol. The summed E-state index contributed by atoms with van der Waals surface area (Å²) < 4.78 is 27.2. The first kappa shape index (κ1) is 18.5. The molecule has 0 aromatic carbocycles. The summed E-state index contributed by atoms with van der Waals surface area (Å²) in [5.41, 5.74) is 5.55. The van der Waals surface area contributed by atoms with Crippen molar-refractivity contribution in [3.63, 3.8) is 0 Å². The van der Waals surface area contributed by atoms with Gasteiger partial charge in [-0.3, -0.25) is 0 Å². The van der Waals surface area contributed by atoms with Crippen LogP contribution >= 0.6 is 46.9 Å². The molecule has 1 aromatic rings. The molecule has 1 saturated heterocycles. The van der Waals surface area contributed by atoms with Crippen molar-refractivity contribution in [2.24, 2.45) is 11.7 Å². The highest BCUT2D eigenvalue weighted by Crippen LogP contribution is 2.37. The van der Waals surface area contributed by atoms with Gasteiger partial charge < -0.3 is 5.73 Å². The summed E-state index contributed by atoms with van der Waals surface area (Å²) in [4.78, 5) is 0.123. The van der Waals surface area contributed by atoms with Crippen LogP contribution in [0.4, 0.5) is 0 Å². The Labute approximate surface area is 139 Å². The molecule has 20 heavy (non-hydrogen) atoms. The first-order chi connectivity index (χ1) is 8.95. The first-order valence-corrected chi connectivity index (χ1v) is 9.11. The molecule has 0 spiro atoms. The SMILES string of the molecule is Cl.NCCC1CCCN(S(=O)(=O)c2cc(Cl)sc2Cl)C1. The molecule has 0 radical (unpaired) electrons. The molecule has 1 fully saturated rings. The van der Waals surface area contributed by atoms with Crippen molar-refractivity contribution in [2.75, 3.05) is 19.6 Å². The Kier molecular flexibility index (Phi) is 7.05. The molecule has 1 atom stereocenters. The number of nitrogens with zero attached hydrogens (tertiary/aromatic N) is 1. The van der Waals surface area contributed by atoms with E-state index in [0.717, 1.165) is 30.6 Å². The summed E-state index contributed by atoms with van der Waals surface area (Å²) in [6, 6.07) is 1.43. The fourth-order valence-corrected chi connectivity index (χ4v) is 6.02. The summed E-state index contributed by atoms with van der Waals surface area (Å²) >= 11 is 12.9. The van der Waals surface area contributed by atoms with Crippen molar-refractivity contribution in [3.05, 3.63) is 14.7 Å². The number of halogens is 3. The fourth-order valence-electron chi connectivity index (χ4n) is 2.36. The summed E-state index contributed by atoms with van der Waals surface area (Å²) in [7, 11) is -3.54. The zero-order chi connectivity index (χ0) is 14.0. The van der Waals surface area contributed by atoms with Gasteiger partial charge in [-0.25, -0.2) is 8.42 Å². The summed E-state index contributed by atoms with van der Waals surface area (Å²) in [6.07, 6.45) is 2.74. The Balaban J connectivity index is 0.00000200. The van der Waals surface area contributed by atoms with Crippen LogP contribution in [0.25, 0.3) is 0 Å². The minimum atomic E-state index is -3.54. The van der Waals surface area contributed by atoms with Gasteiger partial charge in [0, 0.05) is 13.1 Å². The van der Waals surface area contributed by atoms with Crippen LogP contribution in [0.3, 0.4) is 0 Å². The van der Waals surface area contributed by atoms with Gasteiger partial charge in [0.2, 0.25) is 10.0 Å². The first-order valence-electron chi connectivity index (χ1n) is 6.10. The Morgan fingerprint density at radius 2 is 2.15 bits per heavy atom. The molecule has 1 unspecified atom stereocenters. The predicted molar refractivity (Wildman–Crippen MR) is 86.7 cm³/mol. The van der Waals surface area contributed by atoms with Gasteiger partial charge in [0.1, 0.15) is 9.23 Å². The molecule has 0 aliphatic carbocycles. The van der Waals surface area contributed by atoms with Crippen molar-refractivity contribution in [1.82, 2.24) is 4.31 Å². The van der Waals surface area contributed by atoms with Crippen molar-refractivity contribution >= 4 is 57.0 Å². The van der Waals surface area contributed by atoms with Gasteiger partial charge in [-0.05, 0) is 37.8 Å². The van der Waals surface area contributed by atoms with E-state index in [1.807, 2.05) is 0 Å². The number of thiophene rings is 1. The van der Waals surface area contributed by atoms with Crippen LogP contribution in [0.5, 0.6) is 0 Å². The number of rotatable bonds is 4. The highest BCUT2D eigenvalue weighted by atomic mass is 35.5. The van der Waals surface area contributed by atoms with Gasteiger partial charge in [0.05, 0.1) is 4.34 Å². The Hall–Kier alpha value is 0.440. The number of piperidine rings is 1. The van der Waals surface area contributed by atoms with Crippen molar-refractivity contribution in [3.8, 4) is 0 Å². The molecule has 1 aliphatic rings. The third-order valence-electron chi connectivity index (χ3n) is 3.30. The maximum Gasteiger partial charge on any atom is 0.245 e. The van der Waals surface area contributed by atoms with E-state index >= 15 is 0 Å². The molecule has 0 amide bonds. The van der Waals surface area contributed by atoms with E-state index in [4.69, 9.17) is 28.9 Å². The molecule has 0 bridgehead atoms. The van der Waals surface area contributed by atoms with Gasteiger partial charge in [-0.15, -0.1) is 23.7 Å². The van der Waals surface area contributed by atoms with Crippen LogP contribution in [-0.2, 0) is 10.0 Å². The maximum atomic E-state index is 12.5. The molecule has 4 nitrogen and oxygen atoms in total. The highest BCUT2D eigenvalue weighted by molar-refractivity contribution is 7.89. The van der Waals surface area contributed by atoms with Crippen molar-refractivity contribution < 1.29 is 8.42 Å². The quantitative estimate of drug-likeness (QED) is 0.873.